The Morgan fingerprint density at radius 1 is 1.21 bits per heavy atom. The van der Waals surface area contributed by atoms with Crippen molar-refractivity contribution in [3.8, 4) is 11.6 Å². The Labute approximate surface area is 189 Å². The zero-order valence-corrected chi connectivity index (χ0v) is 17.8. The molecule has 0 radical (unpaired) electrons. The molecule has 0 saturated carbocycles. The van der Waals surface area contributed by atoms with Gasteiger partial charge in [0.2, 0.25) is 17.6 Å². The molecule has 2 aromatic rings. The fraction of sp³-hybridized carbons (Fsp3) is 0.286. The normalized spacial score (nSPS) is 13.7. The van der Waals surface area contributed by atoms with E-state index in [0.717, 1.165) is 0 Å². The standard InChI is InChI=1S/C21H26F2N8O2/c22-18-15(4-5-16(19(18)23)33-17-3-1-2-7-27-17)31-12-11-30(13-31)10-9-28-20(32)14(24)6-8-29-21(25)26/h1-5,7,11-12,14H,6,8-10,13,24H2,(H,28,32)(H4,25,26,29)/t14-/m1/s1. The van der Waals surface area contributed by atoms with Crippen LogP contribution in [0.1, 0.15) is 6.42 Å². The molecule has 10 nitrogen and oxygen atoms in total. The number of guanidine groups is 1. The Hall–Kier alpha value is -3.93. The molecule has 176 valence electrons. The second kappa shape index (κ2) is 11.1. The lowest BCUT2D eigenvalue weighted by atomic mass is 10.2. The van der Waals surface area contributed by atoms with Crippen LogP contribution in [0.2, 0.25) is 0 Å². The fourth-order valence-corrected chi connectivity index (χ4v) is 3.03. The summed E-state index contributed by atoms with van der Waals surface area (Å²) in [5.74, 6) is -2.61. The van der Waals surface area contributed by atoms with Gasteiger partial charge < -0.3 is 37.1 Å². The molecule has 0 spiro atoms. The number of aliphatic imine (C=N–C) groups is 1. The Morgan fingerprint density at radius 2 is 2.03 bits per heavy atom. The number of nitrogens with zero attached hydrogens (tertiary/aromatic N) is 4. The molecular weight excluding hydrogens is 434 g/mol. The second-order valence-electron chi connectivity index (χ2n) is 7.20. The van der Waals surface area contributed by atoms with Gasteiger partial charge in [0.25, 0.3) is 0 Å². The number of anilines is 1. The number of ether oxygens (including phenoxy) is 1. The molecular formula is C21H26F2N8O2. The number of rotatable bonds is 10. The summed E-state index contributed by atoms with van der Waals surface area (Å²) < 4.78 is 34.5. The number of nitrogens with two attached hydrogens (primary N) is 3. The second-order valence-corrected chi connectivity index (χ2v) is 7.20. The predicted octanol–water partition coefficient (Wildman–Crippen LogP) is 0.810. The minimum Gasteiger partial charge on any atom is -0.436 e. The van der Waals surface area contributed by atoms with Gasteiger partial charge in [-0.05, 0) is 24.6 Å². The zero-order chi connectivity index (χ0) is 23.8. The van der Waals surface area contributed by atoms with Crippen molar-refractivity contribution in [1.29, 1.82) is 0 Å². The van der Waals surface area contributed by atoms with Gasteiger partial charge >= 0.3 is 0 Å². The van der Waals surface area contributed by atoms with Gasteiger partial charge in [0.15, 0.2) is 17.5 Å². The Morgan fingerprint density at radius 3 is 2.76 bits per heavy atom. The maximum Gasteiger partial charge on any atom is 0.237 e. The van der Waals surface area contributed by atoms with E-state index in [4.69, 9.17) is 21.9 Å². The molecule has 1 aromatic carbocycles. The largest absolute Gasteiger partial charge is 0.436 e. The molecule has 0 unspecified atom stereocenters. The van der Waals surface area contributed by atoms with Crippen LogP contribution in [-0.4, -0.2) is 54.1 Å². The summed E-state index contributed by atoms with van der Waals surface area (Å²) in [6.45, 7) is 1.31. The smallest absolute Gasteiger partial charge is 0.237 e. The molecule has 12 heteroatoms. The quantitative estimate of drug-likeness (QED) is 0.301. The summed E-state index contributed by atoms with van der Waals surface area (Å²) in [4.78, 5) is 23.1. The molecule has 1 amide bonds. The van der Waals surface area contributed by atoms with Crippen LogP contribution < -0.4 is 32.2 Å². The first-order chi connectivity index (χ1) is 15.8. The van der Waals surface area contributed by atoms with E-state index in [1.54, 1.807) is 35.5 Å². The lowest BCUT2D eigenvalue weighted by Gasteiger charge is -2.22. The lowest BCUT2D eigenvalue weighted by molar-refractivity contribution is -0.122. The summed E-state index contributed by atoms with van der Waals surface area (Å²) in [6.07, 6.45) is 5.15. The summed E-state index contributed by atoms with van der Waals surface area (Å²) in [7, 11) is 0. The van der Waals surface area contributed by atoms with Crippen molar-refractivity contribution in [1.82, 2.24) is 15.2 Å². The third kappa shape index (κ3) is 6.53. The number of hydrogen-bond acceptors (Lipinski definition) is 7. The maximum absolute atomic E-state index is 14.7. The summed E-state index contributed by atoms with van der Waals surface area (Å²) in [6, 6.07) is 6.96. The van der Waals surface area contributed by atoms with Gasteiger partial charge in [-0.15, -0.1) is 0 Å². The molecule has 0 fully saturated rings. The minimum atomic E-state index is -1.10. The van der Waals surface area contributed by atoms with Crippen LogP contribution in [-0.2, 0) is 4.79 Å². The number of hydrogen-bond donors (Lipinski definition) is 4. The molecule has 3 rings (SSSR count). The summed E-state index contributed by atoms with van der Waals surface area (Å²) in [5.41, 5.74) is 16.3. The van der Waals surface area contributed by atoms with Crippen molar-refractivity contribution in [2.75, 3.05) is 31.2 Å². The average Bonchev–Trinajstić information content (AvgIpc) is 3.26. The number of nitrogens with one attached hydrogen (secondary N) is 1. The van der Waals surface area contributed by atoms with Crippen LogP contribution in [0.25, 0.3) is 0 Å². The highest BCUT2D eigenvalue weighted by Gasteiger charge is 2.22. The highest BCUT2D eigenvalue weighted by atomic mass is 19.2. The first-order valence-electron chi connectivity index (χ1n) is 10.2. The number of carbonyl (C=O) groups is 1. The van der Waals surface area contributed by atoms with Gasteiger partial charge in [-0.25, -0.2) is 9.37 Å². The average molecular weight is 460 g/mol. The molecule has 1 atom stereocenters. The maximum atomic E-state index is 14.7. The van der Waals surface area contributed by atoms with Crippen molar-refractivity contribution < 1.29 is 18.3 Å². The summed E-state index contributed by atoms with van der Waals surface area (Å²) in [5, 5.41) is 2.73. The van der Waals surface area contributed by atoms with Crippen LogP contribution in [0.15, 0.2) is 53.9 Å². The van der Waals surface area contributed by atoms with Crippen LogP contribution in [0.5, 0.6) is 11.6 Å². The number of aromatic nitrogens is 1. The topological polar surface area (TPSA) is 148 Å². The Kier molecular flexibility index (Phi) is 7.97. The predicted molar refractivity (Wildman–Crippen MR) is 120 cm³/mol. The van der Waals surface area contributed by atoms with E-state index in [0.29, 0.717) is 19.5 Å². The molecule has 1 aromatic heterocycles. The molecule has 33 heavy (non-hydrogen) atoms. The summed E-state index contributed by atoms with van der Waals surface area (Å²) >= 11 is 0. The van der Waals surface area contributed by atoms with E-state index < -0.39 is 17.7 Å². The van der Waals surface area contributed by atoms with Crippen molar-refractivity contribution in [2.45, 2.75) is 12.5 Å². The molecule has 1 aliphatic rings. The van der Waals surface area contributed by atoms with E-state index in [1.807, 2.05) is 4.90 Å². The first kappa shape index (κ1) is 23.7. The van der Waals surface area contributed by atoms with Gasteiger partial charge in [-0.1, -0.05) is 6.07 Å². The van der Waals surface area contributed by atoms with Crippen molar-refractivity contribution in [3.63, 3.8) is 0 Å². The van der Waals surface area contributed by atoms with Gasteiger partial charge in [-0.2, -0.15) is 4.39 Å². The third-order valence-electron chi connectivity index (χ3n) is 4.75. The Balaban J connectivity index is 1.49. The van der Waals surface area contributed by atoms with Crippen molar-refractivity contribution in [3.05, 3.63) is 60.6 Å². The van der Waals surface area contributed by atoms with E-state index in [9.17, 15) is 13.6 Å². The van der Waals surface area contributed by atoms with E-state index in [-0.39, 0.29) is 42.4 Å². The van der Waals surface area contributed by atoms with Crippen LogP contribution >= 0.6 is 0 Å². The van der Waals surface area contributed by atoms with Crippen LogP contribution in [0.3, 0.4) is 0 Å². The fourth-order valence-electron chi connectivity index (χ4n) is 3.03. The third-order valence-corrected chi connectivity index (χ3v) is 4.75. The highest BCUT2D eigenvalue weighted by Crippen LogP contribution is 2.32. The van der Waals surface area contributed by atoms with Gasteiger partial charge in [0.1, 0.15) is 0 Å². The minimum absolute atomic E-state index is 0.0559. The molecule has 1 aliphatic heterocycles. The number of benzene rings is 1. The van der Waals surface area contributed by atoms with E-state index >= 15 is 0 Å². The monoisotopic (exact) mass is 460 g/mol. The molecule has 0 bridgehead atoms. The molecule has 0 aliphatic carbocycles. The molecule has 7 N–H and O–H groups in total. The first-order valence-corrected chi connectivity index (χ1v) is 10.2. The van der Waals surface area contributed by atoms with Gasteiger partial charge in [0, 0.05) is 44.3 Å². The van der Waals surface area contributed by atoms with E-state index in [1.165, 1.54) is 18.3 Å². The van der Waals surface area contributed by atoms with Gasteiger partial charge in [0.05, 0.1) is 18.4 Å². The van der Waals surface area contributed by atoms with E-state index in [2.05, 4.69) is 15.3 Å². The number of carbonyl (C=O) groups excluding carboxylic acids is 1. The van der Waals surface area contributed by atoms with Crippen molar-refractivity contribution >= 4 is 17.6 Å². The highest BCUT2D eigenvalue weighted by molar-refractivity contribution is 5.81. The molecule has 2 heterocycles. The van der Waals surface area contributed by atoms with Gasteiger partial charge in [-0.3, -0.25) is 9.79 Å². The Bertz CT molecular complexity index is 1010. The van der Waals surface area contributed by atoms with Crippen LogP contribution in [0.4, 0.5) is 14.5 Å². The lowest BCUT2D eigenvalue weighted by Crippen LogP contribution is -2.43. The zero-order valence-electron chi connectivity index (χ0n) is 17.8. The van der Waals surface area contributed by atoms with Crippen LogP contribution in [0, 0.1) is 11.6 Å². The van der Waals surface area contributed by atoms with Crippen molar-refractivity contribution in [2.24, 2.45) is 22.2 Å². The number of halogens is 2. The number of pyridine rings is 1. The SMILES string of the molecule is NC(N)=NCC[C@@H](N)C(=O)NCCN1C=CN(c2ccc(Oc3ccccn3)c(F)c2F)C1. The number of amides is 1. The molecule has 0 saturated heterocycles.